The average molecular weight is 353 g/mol. The lowest BCUT2D eigenvalue weighted by molar-refractivity contribution is 0.0997. The van der Waals surface area contributed by atoms with Crippen LogP contribution in [0.3, 0.4) is 0 Å². The molecular weight excluding hydrogens is 339 g/mol. The fourth-order valence-corrected chi connectivity index (χ4v) is 5.64. The summed E-state index contributed by atoms with van der Waals surface area (Å²) in [5.74, 6) is -0.494. The van der Waals surface area contributed by atoms with Crippen LogP contribution in [0.5, 0.6) is 0 Å². The van der Waals surface area contributed by atoms with Crippen molar-refractivity contribution in [3.8, 4) is 0 Å². The number of carbonyl (C=O) groups excluding carboxylic acids is 1. The highest BCUT2D eigenvalue weighted by molar-refractivity contribution is 7.74. The standard InChI is InChI=1S/C15H14ClN2O2PS/c1-2-20-21(12-4-3-7-22-12)14-10-8-9(16)5-6-11(10)18-13(14)15(17)19/h3-8,18H,2H2,1H3,(H2,17,19). The number of aromatic amines is 1. The first-order chi connectivity index (χ1) is 10.6. The van der Waals surface area contributed by atoms with Gasteiger partial charge in [-0.2, -0.15) is 0 Å². The smallest absolute Gasteiger partial charge is 0.265 e. The molecule has 114 valence electrons. The summed E-state index contributed by atoms with van der Waals surface area (Å²) in [4.78, 5) is 15.0. The summed E-state index contributed by atoms with van der Waals surface area (Å²) >= 11 is 7.73. The molecule has 3 N–H and O–H groups in total. The van der Waals surface area contributed by atoms with Crippen LogP contribution in [0.25, 0.3) is 10.9 Å². The van der Waals surface area contributed by atoms with Gasteiger partial charge in [-0.1, -0.05) is 17.7 Å². The summed E-state index contributed by atoms with van der Waals surface area (Å²) in [6.07, 6.45) is 0. The molecule has 0 aliphatic rings. The lowest BCUT2D eigenvalue weighted by atomic mass is 10.2. The molecule has 0 radical (unpaired) electrons. The Bertz CT molecular complexity index is 816. The molecule has 0 bridgehead atoms. The Balaban J connectivity index is 2.28. The molecular formula is C15H14ClN2O2PS. The molecule has 1 unspecified atom stereocenters. The van der Waals surface area contributed by atoms with Crippen LogP contribution in [0.4, 0.5) is 0 Å². The highest BCUT2D eigenvalue weighted by atomic mass is 35.5. The van der Waals surface area contributed by atoms with E-state index in [4.69, 9.17) is 21.9 Å². The number of hydrogen-bond donors (Lipinski definition) is 2. The van der Waals surface area contributed by atoms with Gasteiger partial charge in [0.15, 0.2) is 0 Å². The molecule has 0 saturated heterocycles. The van der Waals surface area contributed by atoms with Crippen molar-refractivity contribution in [3.63, 3.8) is 0 Å². The zero-order chi connectivity index (χ0) is 15.7. The van der Waals surface area contributed by atoms with Crippen LogP contribution in [0, 0.1) is 0 Å². The van der Waals surface area contributed by atoms with Gasteiger partial charge in [0, 0.05) is 27.8 Å². The van der Waals surface area contributed by atoms with Gasteiger partial charge in [0.05, 0.1) is 4.62 Å². The second-order valence-electron chi connectivity index (χ2n) is 4.57. The molecule has 4 nitrogen and oxygen atoms in total. The summed E-state index contributed by atoms with van der Waals surface area (Å²) in [6, 6.07) is 9.46. The third-order valence-electron chi connectivity index (χ3n) is 3.15. The summed E-state index contributed by atoms with van der Waals surface area (Å²) in [5.41, 5.74) is 6.78. The Hall–Kier alpha value is -1.39. The fraction of sp³-hybridized carbons (Fsp3) is 0.133. The summed E-state index contributed by atoms with van der Waals surface area (Å²) in [6.45, 7) is 2.49. The van der Waals surface area contributed by atoms with Crippen LogP contribution >= 0.6 is 31.1 Å². The number of thiophene rings is 1. The molecule has 0 aliphatic heterocycles. The number of aromatic nitrogens is 1. The van der Waals surface area contributed by atoms with Crippen LogP contribution in [-0.4, -0.2) is 17.5 Å². The second kappa shape index (κ2) is 6.39. The van der Waals surface area contributed by atoms with E-state index < -0.39 is 14.1 Å². The second-order valence-corrected chi connectivity index (χ2v) is 8.03. The molecule has 0 saturated carbocycles. The Morgan fingerprint density at radius 2 is 2.27 bits per heavy atom. The van der Waals surface area contributed by atoms with Crippen LogP contribution in [0.1, 0.15) is 17.4 Å². The zero-order valence-corrected chi connectivity index (χ0v) is 14.3. The number of fused-ring (bicyclic) bond motifs is 1. The van der Waals surface area contributed by atoms with Gasteiger partial charge in [0.2, 0.25) is 0 Å². The predicted molar refractivity (Wildman–Crippen MR) is 94.0 cm³/mol. The molecule has 22 heavy (non-hydrogen) atoms. The Labute approximate surface area is 138 Å². The van der Waals surface area contributed by atoms with Crippen molar-refractivity contribution in [2.75, 3.05) is 6.61 Å². The first-order valence-corrected chi connectivity index (χ1v) is 9.21. The summed E-state index contributed by atoms with van der Waals surface area (Å²) in [5, 5.41) is 4.30. The van der Waals surface area contributed by atoms with Crippen molar-refractivity contribution >= 4 is 57.8 Å². The van der Waals surface area contributed by atoms with Gasteiger partial charge >= 0.3 is 0 Å². The van der Waals surface area contributed by atoms with Gasteiger partial charge in [-0.25, -0.2) is 0 Å². The first-order valence-electron chi connectivity index (χ1n) is 6.69. The van der Waals surface area contributed by atoms with Gasteiger partial charge in [-0.3, -0.25) is 4.79 Å². The molecule has 2 aromatic heterocycles. The van der Waals surface area contributed by atoms with Crippen molar-refractivity contribution in [2.45, 2.75) is 6.92 Å². The monoisotopic (exact) mass is 352 g/mol. The number of benzene rings is 1. The highest BCUT2D eigenvalue weighted by Gasteiger charge is 2.26. The number of amides is 1. The molecule has 0 aliphatic carbocycles. The molecule has 1 atom stereocenters. The number of carbonyl (C=O) groups is 1. The third kappa shape index (κ3) is 2.77. The molecule has 1 aromatic carbocycles. The number of primary amides is 1. The largest absolute Gasteiger partial charge is 0.364 e. The van der Waals surface area contributed by atoms with Gasteiger partial charge in [0.25, 0.3) is 5.91 Å². The minimum atomic E-state index is -1.11. The predicted octanol–water partition coefficient (Wildman–Crippen LogP) is 3.37. The van der Waals surface area contributed by atoms with E-state index >= 15 is 0 Å². The van der Waals surface area contributed by atoms with E-state index in [0.717, 1.165) is 20.8 Å². The number of halogens is 1. The maximum absolute atomic E-state index is 11.9. The molecule has 1 amide bonds. The van der Waals surface area contributed by atoms with E-state index in [1.165, 1.54) is 0 Å². The van der Waals surface area contributed by atoms with Gasteiger partial charge in [-0.05, 0) is 36.6 Å². The molecule has 3 rings (SSSR count). The SMILES string of the molecule is CCOP(c1cccs1)c1c(C(N)=O)[nH]c2ccc(Cl)cc12. The Morgan fingerprint density at radius 1 is 1.45 bits per heavy atom. The van der Waals surface area contributed by atoms with E-state index in [1.807, 2.05) is 36.6 Å². The van der Waals surface area contributed by atoms with E-state index in [9.17, 15) is 4.79 Å². The molecule has 3 aromatic rings. The van der Waals surface area contributed by atoms with Crippen LogP contribution < -0.4 is 15.7 Å². The topological polar surface area (TPSA) is 68.1 Å². The molecule has 7 heteroatoms. The van der Waals surface area contributed by atoms with Crippen LogP contribution in [-0.2, 0) is 4.52 Å². The minimum Gasteiger partial charge on any atom is -0.364 e. The van der Waals surface area contributed by atoms with E-state index in [0.29, 0.717) is 17.3 Å². The first kappa shape index (κ1) is 15.5. The maximum atomic E-state index is 11.9. The van der Waals surface area contributed by atoms with E-state index in [2.05, 4.69) is 4.98 Å². The average Bonchev–Trinajstić information content (AvgIpc) is 3.12. The van der Waals surface area contributed by atoms with Gasteiger partial charge < -0.3 is 15.2 Å². The Kier molecular flexibility index (Phi) is 4.50. The van der Waals surface area contributed by atoms with Gasteiger partial charge in [-0.15, -0.1) is 11.3 Å². The zero-order valence-electron chi connectivity index (χ0n) is 11.8. The summed E-state index contributed by atoms with van der Waals surface area (Å²) < 4.78 is 7.06. The van der Waals surface area contributed by atoms with Crippen LogP contribution in [0.2, 0.25) is 5.02 Å². The van der Waals surface area contributed by atoms with Crippen molar-refractivity contribution < 1.29 is 9.32 Å². The number of H-pyrrole nitrogens is 1. The number of nitrogens with one attached hydrogen (secondary N) is 1. The third-order valence-corrected chi connectivity index (χ3v) is 6.80. The fourth-order valence-electron chi connectivity index (χ4n) is 2.29. The minimum absolute atomic E-state index is 0.394. The quantitative estimate of drug-likeness (QED) is 0.691. The van der Waals surface area contributed by atoms with E-state index in [-0.39, 0.29) is 0 Å². The molecule has 0 spiro atoms. The molecule has 2 heterocycles. The highest BCUT2D eigenvalue weighted by Crippen LogP contribution is 2.40. The number of rotatable bonds is 5. The normalized spacial score (nSPS) is 12.6. The lowest BCUT2D eigenvalue weighted by Crippen LogP contribution is -2.23. The van der Waals surface area contributed by atoms with Crippen molar-refractivity contribution in [2.24, 2.45) is 5.73 Å². The van der Waals surface area contributed by atoms with E-state index in [1.54, 1.807) is 17.4 Å². The van der Waals surface area contributed by atoms with Crippen molar-refractivity contribution in [1.82, 2.24) is 4.98 Å². The maximum Gasteiger partial charge on any atom is 0.265 e. The van der Waals surface area contributed by atoms with Crippen molar-refractivity contribution in [3.05, 3.63) is 46.4 Å². The van der Waals surface area contributed by atoms with Crippen LogP contribution in [0.15, 0.2) is 35.7 Å². The Morgan fingerprint density at radius 3 is 2.91 bits per heavy atom. The lowest BCUT2D eigenvalue weighted by Gasteiger charge is -2.16. The number of nitrogens with two attached hydrogens (primary N) is 1. The summed E-state index contributed by atoms with van der Waals surface area (Å²) in [7, 11) is -1.11. The number of hydrogen-bond acceptors (Lipinski definition) is 3. The van der Waals surface area contributed by atoms with Gasteiger partial charge in [0.1, 0.15) is 13.8 Å². The molecule has 0 fully saturated rings. The van der Waals surface area contributed by atoms with Crippen molar-refractivity contribution in [1.29, 1.82) is 0 Å².